The summed E-state index contributed by atoms with van der Waals surface area (Å²) in [5.41, 5.74) is 0. The summed E-state index contributed by atoms with van der Waals surface area (Å²) < 4.78 is 15.9. The van der Waals surface area contributed by atoms with Crippen molar-refractivity contribution in [3.05, 3.63) is 18.2 Å². The van der Waals surface area contributed by atoms with Gasteiger partial charge in [-0.3, -0.25) is 4.79 Å². The lowest BCUT2D eigenvalue weighted by Gasteiger charge is -2.11. The number of amides is 1. The van der Waals surface area contributed by atoms with Crippen LogP contribution in [0, 0.1) is 0 Å². The zero-order chi connectivity index (χ0) is 15.1. The normalized spacial score (nSPS) is 17.5. The van der Waals surface area contributed by atoms with Gasteiger partial charge in [0, 0.05) is 18.0 Å². The standard InChI is InChI=1S/C15H21NO4S/c1-18-13-6-5-12(8-14(13)19-2)21-10-15(17)16-9-11-4-3-7-20-11/h5-6,8,11H,3-4,7,9-10H2,1-2H3,(H,16,17). The van der Waals surface area contributed by atoms with E-state index >= 15 is 0 Å². The largest absolute Gasteiger partial charge is 0.493 e. The van der Waals surface area contributed by atoms with Gasteiger partial charge in [-0.1, -0.05) is 0 Å². The minimum Gasteiger partial charge on any atom is -0.493 e. The summed E-state index contributed by atoms with van der Waals surface area (Å²) in [5.74, 6) is 1.75. The van der Waals surface area contributed by atoms with Crippen molar-refractivity contribution in [1.29, 1.82) is 0 Å². The highest BCUT2D eigenvalue weighted by Gasteiger charge is 2.16. The number of carbonyl (C=O) groups excluding carboxylic acids is 1. The summed E-state index contributed by atoms with van der Waals surface area (Å²) in [4.78, 5) is 12.8. The highest BCUT2D eigenvalue weighted by molar-refractivity contribution is 8.00. The maximum absolute atomic E-state index is 11.8. The molecule has 1 fully saturated rings. The lowest BCUT2D eigenvalue weighted by Crippen LogP contribution is -2.32. The molecule has 1 amide bonds. The maximum atomic E-state index is 11.8. The number of methoxy groups -OCH3 is 2. The second-order valence-corrected chi connectivity index (χ2v) is 5.79. The van der Waals surface area contributed by atoms with Crippen LogP contribution in [0.5, 0.6) is 11.5 Å². The molecule has 2 rings (SSSR count). The van der Waals surface area contributed by atoms with Crippen LogP contribution in [0.4, 0.5) is 0 Å². The Hall–Kier alpha value is -1.40. The minimum atomic E-state index is 0.0188. The van der Waals surface area contributed by atoms with Gasteiger partial charge in [0.05, 0.1) is 26.1 Å². The summed E-state index contributed by atoms with van der Waals surface area (Å²) in [6.45, 7) is 1.41. The van der Waals surface area contributed by atoms with Crippen LogP contribution in [0.2, 0.25) is 0 Å². The molecule has 5 nitrogen and oxygen atoms in total. The lowest BCUT2D eigenvalue weighted by molar-refractivity contribution is -0.119. The molecule has 1 aliphatic heterocycles. The molecule has 0 spiro atoms. The van der Waals surface area contributed by atoms with E-state index < -0.39 is 0 Å². The molecule has 0 aromatic heterocycles. The predicted octanol–water partition coefficient (Wildman–Crippen LogP) is 2.09. The van der Waals surface area contributed by atoms with E-state index in [1.165, 1.54) is 11.8 Å². The van der Waals surface area contributed by atoms with E-state index in [0.29, 0.717) is 23.8 Å². The third kappa shape index (κ3) is 4.82. The molecular formula is C15H21NO4S. The number of rotatable bonds is 7. The van der Waals surface area contributed by atoms with E-state index in [-0.39, 0.29) is 12.0 Å². The van der Waals surface area contributed by atoms with Crippen LogP contribution < -0.4 is 14.8 Å². The Morgan fingerprint density at radius 1 is 1.38 bits per heavy atom. The van der Waals surface area contributed by atoms with Gasteiger partial charge in [-0.25, -0.2) is 0 Å². The van der Waals surface area contributed by atoms with Crippen LogP contribution in [0.15, 0.2) is 23.1 Å². The topological polar surface area (TPSA) is 56.8 Å². The van der Waals surface area contributed by atoms with Crippen molar-refractivity contribution in [2.75, 3.05) is 33.1 Å². The second kappa shape index (κ2) is 8.14. The molecule has 1 atom stereocenters. The Bertz CT molecular complexity index is 475. The first kappa shape index (κ1) is 16.0. The molecule has 21 heavy (non-hydrogen) atoms. The Balaban J connectivity index is 1.77. The molecule has 0 bridgehead atoms. The minimum absolute atomic E-state index is 0.0188. The molecule has 0 saturated carbocycles. The van der Waals surface area contributed by atoms with Gasteiger partial charge in [0.25, 0.3) is 0 Å². The second-order valence-electron chi connectivity index (χ2n) is 4.74. The predicted molar refractivity (Wildman–Crippen MR) is 82.3 cm³/mol. The van der Waals surface area contributed by atoms with E-state index in [1.54, 1.807) is 14.2 Å². The molecule has 1 heterocycles. The SMILES string of the molecule is COc1ccc(SCC(=O)NCC2CCCO2)cc1OC. The molecule has 1 unspecified atom stereocenters. The number of hydrogen-bond acceptors (Lipinski definition) is 5. The third-order valence-electron chi connectivity index (χ3n) is 3.28. The van der Waals surface area contributed by atoms with E-state index in [1.807, 2.05) is 18.2 Å². The molecule has 0 radical (unpaired) electrons. The summed E-state index contributed by atoms with van der Waals surface area (Å²) in [6, 6.07) is 5.63. The average molecular weight is 311 g/mol. The van der Waals surface area contributed by atoms with E-state index in [2.05, 4.69) is 5.32 Å². The summed E-state index contributed by atoms with van der Waals surface area (Å²) in [5, 5.41) is 2.91. The summed E-state index contributed by atoms with van der Waals surface area (Å²) in [6.07, 6.45) is 2.30. The quantitative estimate of drug-likeness (QED) is 0.782. The van der Waals surface area contributed by atoms with Crippen LogP contribution in [0.3, 0.4) is 0 Å². The van der Waals surface area contributed by atoms with Crippen molar-refractivity contribution < 1.29 is 19.0 Å². The first-order valence-electron chi connectivity index (χ1n) is 6.96. The van der Waals surface area contributed by atoms with E-state index in [0.717, 1.165) is 24.3 Å². The van der Waals surface area contributed by atoms with Crippen LogP contribution in [0.1, 0.15) is 12.8 Å². The zero-order valence-electron chi connectivity index (χ0n) is 12.4. The first-order chi connectivity index (χ1) is 10.2. The Morgan fingerprint density at radius 2 is 2.19 bits per heavy atom. The van der Waals surface area contributed by atoms with Crippen LogP contribution in [-0.4, -0.2) is 45.1 Å². The number of ether oxygens (including phenoxy) is 3. The maximum Gasteiger partial charge on any atom is 0.230 e. The van der Waals surface area contributed by atoms with Crippen LogP contribution >= 0.6 is 11.8 Å². The van der Waals surface area contributed by atoms with Gasteiger partial charge in [0.1, 0.15) is 0 Å². The monoisotopic (exact) mass is 311 g/mol. The van der Waals surface area contributed by atoms with Gasteiger partial charge in [-0.05, 0) is 31.0 Å². The summed E-state index contributed by atoms with van der Waals surface area (Å²) >= 11 is 1.47. The summed E-state index contributed by atoms with van der Waals surface area (Å²) in [7, 11) is 3.20. The van der Waals surface area contributed by atoms with E-state index in [4.69, 9.17) is 14.2 Å². The molecular weight excluding hydrogens is 290 g/mol. The van der Waals surface area contributed by atoms with Crippen LogP contribution in [0.25, 0.3) is 0 Å². The van der Waals surface area contributed by atoms with Crippen molar-refractivity contribution in [3.63, 3.8) is 0 Å². The van der Waals surface area contributed by atoms with Crippen molar-refractivity contribution >= 4 is 17.7 Å². The van der Waals surface area contributed by atoms with Gasteiger partial charge in [0.2, 0.25) is 5.91 Å². The zero-order valence-corrected chi connectivity index (χ0v) is 13.2. The third-order valence-corrected chi connectivity index (χ3v) is 4.27. The van der Waals surface area contributed by atoms with Gasteiger partial charge >= 0.3 is 0 Å². The highest BCUT2D eigenvalue weighted by Crippen LogP contribution is 2.31. The van der Waals surface area contributed by atoms with Crippen molar-refractivity contribution in [2.45, 2.75) is 23.8 Å². The smallest absolute Gasteiger partial charge is 0.230 e. The fourth-order valence-corrected chi connectivity index (χ4v) is 2.89. The van der Waals surface area contributed by atoms with E-state index in [9.17, 15) is 4.79 Å². The molecule has 1 saturated heterocycles. The van der Waals surface area contributed by atoms with Crippen molar-refractivity contribution in [3.8, 4) is 11.5 Å². The molecule has 0 aliphatic carbocycles. The molecule has 1 aromatic rings. The Morgan fingerprint density at radius 3 is 2.86 bits per heavy atom. The number of benzene rings is 1. The Labute approximate surface area is 129 Å². The molecule has 1 aliphatic rings. The molecule has 6 heteroatoms. The average Bonchev–Trinajstić information content (AvgIpc) is 3.04. The fourth-order valence-electron chi connectivity index (χ4n) is 2.14. The first-order valence-corrected chi connectivity index (χ1v) is 7.94. The number of hydrogen-bond donors (Lipinski definition) is 1. The van der Waals surface area contributed by atoms with Gasteiger partial charge in [-0.2, -0.15) is 0 Å². The Kier molecular flexibility index (Phi) is 6.20. The van der Waals surface area contributed by atoms with Crippen molar-refractivity contribution in [2.24, 2.45) is 0 Å². The van der Waals surface area contributed by atoms with Gasteiger partial charge in [0.15, 0.2) is 11.5 Å². The number of thioether (sulfide) groups is 1. The molecule has 116 valence electrons. The van der Waals surface area contributed by atoms with Gasteiger partial charge < -0.3 is 19.5 Å². The van der Waals surface area contributed by atoms with Gasteiger partial charge in [-0.15, -0.1) is 11.8 Å². The lowest BCUT2D eigenvalue weighted by atomic mass is 10.2. The number of nitrogens with one attached hydrogen (secondary N) is 1. The highest BCUT2D eigenvalue weighted by atomic mass is 32.2. The molecule has 1 N–H and O–H groups in total. The van der Waals surface area contributed by atoms with Crippen molar-refractivity contribution in [1.82, 2.24) is 5.32 Å². The number of carbonyl (C=O) groups is 1. The molecule has 1 aromatic carbocycles. The van der Waals surface area contributed by atoms with Crippen LogP contribution in [-0.2, 0) is 9.53 Å². The fraction of sp³-hybridized carbons (Fsp3) is 0.533.